The van der Waals surface area contributed by atoms with Crippen molar-refractivity contribution in [2.45, 2.75) is 51.0 Å². The number of rotatable bonds is 8. The van der Waals surface area contributed by atoms with Crippen molar-refractivity contribution in [3.63, 3.8) is 0 Å². The molecule has 0 aliphatic carbocycles. The van der Waals surface area contributed by atoms with Crippen LogP contribution in [0, 0.1) is 0 Å². The number of hydrazine groups is 1. The van der Waals surface area contributed by atoms with Gasteiger partial charge in [0.15, 0.2) is 0 Å². The Bertz CT molecular complexity index is 517. The first-order valence-corrected chi connectivity index (χ1v) is 8.50. The van der Waals surface area contributed by atoms with Gasteiger partial charge in [-0.15, -0.1) is 0 Å². The van der Waals surface area contributed by atoms with Gasteiger partial charge in [-0.05, 0) is 31.9 Å². The summed E-state index contributed by atoms with van der Waals surface area (Å²) in [5, 5.41) is 0. The summed E-state index contributed by atoms with van der Waals surface area (Å²) in [5.41, 5.74) is 2.89. The number of nitrogens with one attached hydrogen (secondary N) is 1. The van der Waals surface area contributed by atoms with E-state index in [0.29, 0.717) is 12.2 Å². The van der Waals surface area contributed by atoms with Crippen molar-refractivity contribution >= 4 is 15.7 Å². The SMILES string of the molecule is CCCCN(C(C)CC)S(=O)(=O)c1ccccc1NN. The maximum Gasteiger partial charge on any atom is 0.245 e. The predicted octanol–water partition coefficient (Wildman–Crippen LogP) is 2.56. The lowest BCUT2D eigenvalue weighted by Gasteiger charge is -2.28. The normalized spacial score (nSPS) is 13.4. The first-order chi connectivity index (χ1) is 9.48. The highest BCUT2D eigenvalue weighted by Gasteiger charge is 2.29. The molecule has 0 bridgehead atoms. The number of hydrogen-bond acceptors (Lipinski definition) is 4. The van der Waals surface area contributed by atoms with Crippen molar-refractivity contribution in [1.29, 1.82) is 0 Å². The van der Waals surface area contributed by atoms with Crippen LogP contribution in [0.1, 0.15) is 40.0 Å². The lowest BCUT2D eigenvalue weighted by Crippen LogP contribution is -2.39. The molecule has 0 amide bonds. The summed E-state index contributed by atoms with van der Waals surface area (Å²) in [6, 6.07) is 6.70. The fourth-order valence-corrected chi connectivity index (χ4v) is 3.93. The zero-order valence-electron chi connectivity index (χ0n) is 12.5. The molecule has 3 N–H and O–H groups in total. The molecule has 20 heavy (non-hydrogen) atoms. The lowest BCUT2D eigenvalue weighted by molar-refractivity contribution is 0.324. The van der Waals surface area contributed by atoms with Crippen LogP contribution in [0.5, 0.6) is 0 Å². The highest BCUT2D eigenvalue weighted by molar-refractivity contribution is 7.89. The second kappa shape index (κ2) is 7.61. The van der Waals surface area contributed by atoms with Crippen molar-refractivity contribution in [2.75, 3.05) is 12.0 Å². The molecule has 1 rings (SSSR count). The number of hydrogen-bond donors (Lipinski definition) is 2. The second-order valence-electron chi connectivity index (χ2n) is 4.87. The van der Waals surface area contributed by atoms with Crippen LogP contribution in [0.15, 0.2) is 29.2 Å². The first kappa shape index (κ1) is 16.9. The quantitative estimate of drug-likeness (QED) is 0.571. The van der Waals surface area contributed by atoms with E-state index >= 15 is 0 Å². The number of benzene rings is 1. The molecule has 0 aliphatic rings. The van der Waals surface area contributed by atoms with E-state index in [2.05, 4.69) is 12.3 Å². The van der Waals surface area contributed by atoms with E-state index < -0.39 is 10.0 Å². The van der Waals surface area contributed by atoms with Crippen LogP contribution in [-0.2, 0) is 10.0 Å². The maximum atomic E-state index is 12.8. The monoisotopic (exact) mass is 299 g/mol. The Hall–Kier alpha value is -1.11. The van der Waals surface area contributed by atoms with Gasteiger partial charge in [0.2, 0.25) is 10.0 Å². The third-order valence-corrected chi connectivity index (χ3v) is 5.52. The fraction of sp³-hybridized carbons (Fsp3) is 0.571. The lowest BCUT2D eigenvalue weighted by atomic mass is 10.2. The van der Waals surface area contributed by atoms with E-state index in [1.54, 1.807) is 28.6 Å². The Kier molecular flexibility index (Phi) is 6.45. The number of nitrogens with zero attached hydrogens (tertiary/aromatic N) is 1. The number of para-hydroxylation sites is 1. The standard InChI is InChI=1S/C14H25N3O2S/c1-4-6-11-17(12(3)5-2)20(18,19)14-10-8-7-9-13(14)16-15/h7-10,12,16H,4-6,11,15H2,1-3H3. The topological polar surface area (TPSA) is 75.4 Å². The van der Waals surface area contributed by atoms with Gasteiger partial charge in [-0.1, -0.05) is 32.4 Å². The van der Waals surface area contributed by atoms with Crippen LogP contribution in [0.4, 0.5) is 5.69 Å². The summed E-state index contributed by atoms with van der Waals surface area (Å²) < 4.78 is 27.3. The van der Waals surface area contributed by atoms with Crippen molar-refractivity contribution < 1.29 is 8.42 Å². The summed E-state index contributed by atoms with van der Waals surface area (Å²) in [5.74, 6) is 5.42. The Balaban J connectivity index is 3.21. The third-order valence-electron chi connectivity index (χ3n) is 3.44. The average molecular weight is 299 g/mol. The van der Waals surface area contributed by atoms with Crippen molar-refractivity contribution in [3.05, 3.63) is 24.3 Å². The van der Waals surface area contributed by atoms with Gasteiger partial charge in [-0.25, -0.2) is 8.42 Å². The number of nitrogen functional groups attached to an aromatic ring is 1. The van der Waals surface area contributed by atoms with E-state index in [-0.39, 0.29) is 10.9 Å². The molecule has 0 fully saturated rings. The van der Waals surface area contributed by atoms with Crippen LogP contribution in [0.2, 0.25) is 0 Å². The third kappa shape index (κ3) is 3.71. The molecule has 0 aromatic heterocycles. The van der Waals surface area contributed by atoms with Crippen LogP contribution in [-0.4, -0.2) is 25.3 Å². The van der Waals surface area contributed by atoms with Gasteiger partial charge in [0.05, 0.1) is 5.69 Å². The Morgan fingerprint density at radius 3 is 2.50 bits per heavy atom. The molecule has 0 saturated heterocycles. The molecule has 114 valence electrons. The average Bonchev–Trinajstić information content (AvgIpc) is 2.46. The molecule has 0 aliphatic heterocycles. The molecule has 1 atom stereocenters. The molecule has 1 unspecified atom stereocenters. The largest absolute Gasteiger partial charge is 0.323 e. The van der Waals surface area contributed by atoms with E-state index in [1.165, 1.54) is 0 Å². The fourth-order valence-electron chi connectivity index (χ4n) is 2.03. The van der Waals surface area contributed by atoms with Crippen LogP contribution in [0.25, 0.3) is 0 Å². The molecule has 5 nitrogen and oxygen atoms in total. The van der Waals surface area contributed by atoms with E-state index in [1.807, 2.05) is 13.8 Å². The van der Waals surface area contributed by atoms with Gasteiger partial charge >= 0.3 is 0 Å². The Morgan fingerprint density at radius 1 is 1.30 bits per heavy atom. The maximum absolute atomic E-state index is 12.8. The van der Waals surface area contributed by atoms with E-state index in [9.17, 15) is 8.42 Å². The summed E-state index contributed by atoms with van der Waals surface area (Å²) in [6.07, 6.45) is 2.59. The molecule has 1 aromatic rings. The van der Waals surface area contributed by atoms with Crippen LogP contribution in [0.3, 0.4) is 0 Å². The molecule has 0 heterocycles. The van der Waals surface area contributed by atoms with Gasteiger partial charge in [-0.2, -0.15) is 4.31 Å². The van der Waals surface area contributed by atoms with E-state index in [4.69, 9.17) is 5.84 Å². The minimum atomic E-state index is -3.54. The van der Waals surface area contributed by atoms with Gasteiger partial charge in [0.25, 0.3) is 0 Å². The first-order valence-electron chi connectivity index (χ1n) is 7.06. The molecular formula is C14H25N3O2S. The second-order valence-corrected chi connectivity index (χ2v) is 6.73. The molecule has 1 aromatic carbocycles. The van der Waals surface area contributed by atoms with Gasteiger partial charge in [-0.3, -0.25) is 5.84 Å². The van der Waals surface area contributed by atoms with Gasteiger partial charge in [0, 0.05) is 12.6 Å². The highest BCUT2D eigenvalue weighted by atomic mass is 32.2. The number of nitrogens with two attached hydrogens (primary N) is 1. The summed E-state index contributed by atoms with van der Waals surface area (Å²) >= 11 is 0. The summed E-state index contributed by atoms with van der Waals surface area (Å²) in [7, 11) is -3.54. The number of sulfonamides is 1. The smallest absolute Gasteiger partial charge is 0.245 e. The number of anilines is 1. The zero-order valence-corrected chi connectivity index (χ0v) is 13.3. The van der Waals surface area contributed by atoms with Crippen molar-refractivity contribution in [1.82, 2.24) is 4.31 Å². The minimum Gasteiger partial charge on any atom is -0.323 e. The molecule has 0 saturated carbocycles. The molecule has 0 radical (unpaired) electrons. The summed E-state index contributed by atoms with van der Waals surface area (Å²) in [6.45, 7) is 6.52. The van der Waals surface area contributed by atoms with Crippen molar-refractivity contribution in [3.8, 4) is 0 Å². The molecule has 0 spiro atoms. The predicted molar refractivity (Wildman–Crippen MR) is 82.8 cm³/mol. The zero-order chi connectivity index (χ0) is 15.2. The van der Waals surface area contributed by atoms with Gasteiger partial charge in [0.1, 0.15) is 4.90 Å². The molecule has 6 heteroatoms. The van der Waals surface area contributed by atoms with Crippen LogP contribution >= 0.6 is 0 Å². The summed E-state index contributed by atoms with van der Waals surface area (Å²) in [4.78, 5) is 0.235. The molecular weight excluding hydrogens is 274 g/mol. The Labute approximate surface area is 122 Å². The van der Waals surface area contributed by atoms with E-state index in [0.717, 1.165) is 19.3 Å². The highest BCUT2D eigenvalue weighted by Crippen LogP contribution is 2.26. The van der Waals surface area contributed by atoms with Gasteiger partial charge < -0.3 is 5.43 Å². The van der Waals surface area contributed by atoms with Crippen LogP contribution < -0.4 is 11.3 Å². The Morgan fingerprint density at radius 2 is 1.95 bits per heavy atom. The number of unbranched alkanes of at least 4 members (excludes halogenated alkanes) is 1. The van der Waals surface area contributed by atoms with Crippen molar-refractivity contribution in [2.24, 2.45) is 5.84 Å². The minimum absolute atomic E-state index is 0.0302.